The molecule has 3 aliphatic rings. The molecule has 2 aliphatic heterocycles. The smallest absolute Gasteiger partial charge is 0.235 e. The maximum absolute atomic E-state index is 12.7. The lowest BCUT2D eigenvalue weighted by atomic mass is 9.74. The number of ether oxygens (including phenoxy) is 1. The number of nitrogens with one attached hydrogen (secondary N) is 1. The Hall–Kier alpha value is -2.42. The Kier molecular flexibility index (Phi) is 5.50. The van der Waals surface area contributed by atoms with E-state index in [1.165, 1.54) is 6.26 Å². The fourth-order valence-corrected chi connectivity index (χ4v) is 7.18. The van der Waals surface area contributed by atoms with Gasteiger partial charge in [-0.15, -0.1) is 0 Å². The van der Waals surface area contributed by atoms with Crippen LogP contribution < -0.4 is 10.1 Å². The number of anilines is 1. The zero-order chi connectivity index (χ0) is 23.3. The van der Waals surface area contributed by atoms with Gasteiger partial charge in [0.1, 0.15) is 17.1 Å². The molecule has 7 nitrogen and oxygen atoms in total. The zero-order valence-corrected chi connectivity index (χ0v) is 19.6. The van der Waals surface area contributed by atoms with Gasteiger partial charge in [-0.05, 0) is 68.1 Å². The quantitative estimate of drug-likeness (QED) is 0.673. The highest BCUT2D eigenvalue weighted by Gasteiger charge is 2.53. The predicted octanol–water partition coefficient (Wildman–Crippen LogP) is 2.45. The summed E-state index contributed by atoms with van der Waals surface area (Å²) >= 11 is 0. The number of amides is 1. The van der Waals surface area contributed by atoms with Crippen LogP contribution in [0.15, 0.2) is 48.5 Å². The Labute approximate surface area is 194 Å². The predicted molar refractivity (Wildman–Crippen MR) is 126 cm³/mol. The topological polar surface area (TPSA) is 95.9 Å². The van der Waals surface area contributed by atoms with Crippen LogP contribution in [-0.2, 0) is 24.8 Å². The summed E-state index contributed by atoms with van der Waals surface area (Å²) in [7, 11) is -3.33. The molecule has 33 heavy (non-hydrogen) atoms. The van der Waals surface area contributed by atoms with E-state index in [0.29, 0.717) is 17.9 Å². The van der Waals surface area contributed by atoms with Crippen molar-refractivity contribution in [3.05, 3.63) is 59.7 Å². The summed E-state index contributed by atoms with van der Waals surface area (Å²) in [6.45, 7) is 2.96. The summed E-state index contributed by atoms with van der Waals surface area (Å²) < 4.78 is 29.6. The number of fused-ring (bicyclic) bond motifs is 2. The molecule has 0 radical (unpaired) electrons. The second-order valence-corrected chi connectivity index (χ2v) is 12.0. The average molecular weight is 471 g/mol. The largest absolute Gasteiger partial charge is 0.492 e. The molecule has 2 fully saturated rings. The fourth-order valence-electron chi connectivity index (χ4n) is 5.63. The minimum atomic E-state index is -3.33. The number of carbonyl (C=O) groups is 1. The van der Waals surface area contributed by atoms with Crippen molar-refractivity contribution in [1.29, 1.82) is 0 Å². The third-order valence-electron chi connectivity index (χ3n) is 7.73. The molecule has 1 aliphatic carbocycles. The van der Waals surface area contributed by atoms with Crippen LogP contribution in [0.5, 0.6) is 5.75 Å². The van der Waals surface area contributed by atoms with Gasteiger partial charge in [0, 0.05) is 18.5 Å². The number of nitrogens with zero attached hydrogens (tertiary/aromatic N) is 1. The highest BCUT2D eigenvalue weighted by atomic mass is 32.2. The van der Waals surface area contributed by atoms with E-state index in [1.54, 1.807) is 24.3 Å². The highest BCUT2D eigenvalue weighted by Crippen LogP contribution is 2.48. The normalized spacial score (nSPS) is 26.5. The lowest BCUT2D eigenvalue weighted by Gasteiger charge is -2.44. The van der Waals surface area contributed by atoms with Crippen molar-refractivity contribution in [2.45, 2.75) is 41.9 Å². The molecule has 0 unspecified atom stereocenters. The van der Waals surface area contributed by atoms with Crippen molar-refractivity contribution in [1.82, 2.24) is 4.90 Å². The molecule has 0 aromatic heterocycles. The maximum Gasteiger partial charge on any atom is 0.235 e. The molecule has 1 spiro atoms. The van der Waals surface area contributed by atoms with Gasteiger partial charge in [-0.1, -0.05) is 30.3 Å². The third-order valence-corrected chi connectivity index (χ3v) is 9.72. The van der Waals surface area contributed by atoms with Crippen LogP contribution in [0.25, 0.3) is 0 Å². The maximum atomic E-state index is 12.7. The first kappa shape index (κ1) is 22.4. The molecule has 2 N–H and O–H groups in total. The number of aliphatic hydroxyl groups excluding tert-OH is 1. The molecular weight excluding hydrogens is 440 g/mol. The number of aliphatic hydroxyl groups is 1. The zero-order valence-electron chi connectivity index (χ0n) is 18.8. The number of carbonyl (C=O) groups excluding carboxylic acids is 1. The third kappa shape index (κ3) is 3.74. The van der Waals surface area contributed by atoms with Crippen LogP contribution in [0, 0.1) is 0 Å². The van der Waals surface area contributed by atoms with Gasteiger partial charge >= 0.3 is 0 Å². The molecule has 8 heteroatoms. The van der Waals surface area contributed by atoms with Crippen LogP contribution in [-0.4, -0.2) is 62.9 Å². The molecule has 176 valence electrons. The van der Waals surface area contributed by atoms with E-state index in [9.17, 15) is 18.3 Å². The van der Waals surface area contributed by atoms with Gasteiger partial charge in [-0.2, -0.15) is 0 Å². The lowest BCUT2D eigenvalue weighted by molar-refractivity contribution is -0.122. The molecule has 0 atom stereocenters. The SMILES string of the molecule is CS(=O)(=O)C1(c2ccc(OCCN3CCC4(CC3)C(=O)Nc3ccccc34)cc2)CC(O)C1. The van der Waals surface area contributed by atoms with Crippen molar-refractivity contribution < 1.29 is 23.1 Å². The first-order chi connectivity index (χ1) is 15.7. The molecule has 5 rings (SSSR count). The Morgan fingerprint density at radius 3 is 2.39 bits per heavy atom. The van der Waals surface area contributed by atoms with Crippen molar-refractivity contribution >= 4 is 21.4 Å². The van der Waals surface area contributed by atoms with Crippen LogP contribution in [0.1, 0.15) is 36.8 Å². The number of hydrogen-bond donors (Lipinski definition) is 2. The molecule has 1 amide bonds. The second kappa shape index (κ2) is 8.11. The molecule has 2 heterocycles. The fraction of sp³-hybridized carbons (Fsp3) is 0.480. The van der Waals surface area contributed by atoms with Gasteiger partial charge in [0.25, 0.3) is 0 Å². The number of para-hydroxylation sites is 1. The lowest BCUT2D eigenvalue weighted by Crippen LogP contribution is -2.50. The summed E-state index contributed by atoms with van der Waals surface area (Å²) in [5.41, 5.74) is 2.36. The van der Waals surface area contributed by atoms with E-state index in [-0.39, 0.29) is 18.7 Å². The standard InChI is InChI=1S/C25H30N2O5S/c1-33(30,31)25(16-19(28)17-25)18-6-8-20(9-7-18)32-15-14-27-12-10-24(11-13-27)21-4-2-3-5-22(21)26-23(24)29/h2-9,19,28H,10-17H2,1H3,(H,26,29). The van der Waals surface area contributed by atoms with E-state index in [2.05, 4.69) is 16.3 Å². The molecule has 1 saturated carbocycles. The minimum absolute atomic E-state index is 0.116. The number of sulfone groups is 1. The van der Waals surface area contributed by atoms with Gasteiger partial charge in [-0.3, -0.25) is 9.69 Å². The van der Waals surface area contributed by atoms with Gasteiger partial charge in [0.2, 0.25) is 5.91 Å². The van der Waals surface area contributed by atoms with Gasteiger partial charge < -0.3 is 15.2 Å². The first-order valence-corrected chi connectivity index (χ1v) is 13.4. The van der Waals surface area contributed by atoms with E-state index >= 15 is 0 Å². The monoisotopic (exact) mass is 470 g/mol. The number of piperidine rings is 1. The summed E-state index contributed by atoms with van der Waals surface area (Å²) in [6, 6.07) is 15.2. The molecule has 0 bridgehead atoms. The average Bonchev–Trinajstić information content (AvgIpc) is 3.04. The summed E-state index contributed by atoms with van der Waals surface area (Å²) in [4.78, 5) is 15.0. The van der Waals surface area contributed by atoms with Crippen LogP contribution in [0.2, 0.25) is 0 Å². The summed E-state index contributed by atoms with van der Waals surface area (Å²) in [6.07, 6.45) is 2.74. The van der Waals surface area contributed by atoms with Crippen LogP contribution >= 0.6 is 0 Å². The second-order valence-electron chi connectivity index (χ2n) is 9.62. The highest BCUT2D eigenvalue weighted by molar-refractivity contribution is 7.91. The van der Waals surface area contributed by atoms with Crippen molar-refractivity contribution in [3.8, 4) is 5.75 Å². The van der Waals surface area contributed by atoms with Crippen molar-refractivity contribution in [3.63, 3.8) is 0 Å². The Bertz CT molecular complexity index is 1150. The van der Waals surface area contributed by atoms with E-state index in [4.69, 9.17) is 4.74 Å². The van der Waals surface area contributed by atoms with Crippen LogP contribution in [0.4, 0.5) is 5.69 Å². The number of likely N-dealkylation sites (tertiary alicyclic amines) is 1. The van der Waals surface area contributed by atoms with E-state index in [0.717, 1.165) is 43.7 Å². The summed E-state index contributed by atoms with van der Waals surface area (Å²) in [5.74, 6) is 0.811. The van der Waals surface area contributed by atoms with Crippen LogP contribution in [0.3, 0.4) is 0 Å². The Morgan fingerprint density at radius 1 is 1.09 bits per heavy atom. The van der Waals surface area contributed by atoms with Crippen molar-refractivity contribution in [2.24, 2.45) is 0 Å². The molecule has 2 aromatic carbocycles. The Morgan fingerprint density at radius 2 is 1.76 bits per heavy atom. The van der Waals surface area contributed by atoms with E-state index < -0.39 is 26.1 Å². The van der Waals surface area contributed by atoms with Gasteiger partial charge in [-0.25, -0.2) is 8.42 Å². The van der Waals surface area contributed by atoms with Gasteiger partial charge in [0.05, 0.1) is 11.5 Å². The molecular formula is C25H30N2O5S. The molecule has 2 aromatic rings. The minimum Gasteiger partial charge on any atom is -0.492 e. The van der Waals surface area contributed by atoms with Crippen molar-refractivity contribution in [2.75, 3.05) is 37.8 Å². The summed E-state index contributed by atoms with van der Waals surface area (Å²) in [5, 5.41) is 12.8. The molecule has 1 saturated heterocycles. The number of rotatable bonds is 6. The number of hydrogen-bond acceptors (Lipinski definition) is 6. The number of benzene rings is 2. The Balaban J connectivity index is 1.15. The first-order valence-electron chi connectivity index (χ1n) is 11.5. The van der Waals surface area contributed by atoms with E-state index in [1.807, 2.05) is 18.2 Å². The van der Waals surface area contributed by atoms with Gasteiger partial charge in [0.15, 0.2) is 9.84 Å².